The van der Waals surface area contributed by atoms with Crippen molar-refractivity contribution in [3.8, 4) is 0 Å². The molecule has 1 atom stereocenters. The molecule has 0 bridgehead atoms. The van der Waals surface area contributed by atoms with Crippen molar-refractivity contribution in [1.82, 2.24) is 0 Å². The third kappa shape index (κ3) is 2.76. The van der Waals surface area contributed by atoms with Crippen LogP contribution in [0.5, 0.6) is 0 Å². The van der Waals surface area contributed by atoms with Crippen molar-refractivity contribution in [3.63, 3.8) is 0 Å². The van der Waals surface area contributed by atoms with Crippen LogP contribution in [0.15, 0.2) is 42.5 Å². The highest BCUT2D eigenvalue weighted by Gasteiger charge is 2.18. The lowest BCUT2D eigenvalue weighted by molar-refractivity contribution is -0.116. The van der Waals surface area contributed by atoms with E-state index in [2.05, 4.69) is 74.2 Å². The Kier molecular flexibility index (Phi) is 4.12. The van der Waals surface area contributed by atoms with Crippen LogP contribution in [0.3, 0.4) is 0 Å². The van der Waals surface area contributed by atoms with Crippen LogP contribution in [0.4, 0.5) is 5.69 Å². The van der Waals surface area contributed by atoms with Crippen LogP contribution in [0.25, 0.3) is 0 Å². The highest BCUT2D eigenvalue weighted by molar-refractivity contribution is 14.1. The number of hydrogen-bond donors (Lipinski definition) is 1. The molecule has 20 heavy (non-hydrogen) atoms. The van der Waals surface area contributed by atoms with Crippen LogP contribution in [0.2, 0.25) is 0 Å². The summed E-state index contributed by atoms with van der Waals surface area (Å²) in [5.41, 5.74) is 4.67. The van der Waals surface area contributed by atoms with Gasteiger partial charge < -0.3 is 5.32 Å². The standard InChI is InChI=1S/C16H13BrINO/c17-16(12-3-1-2-4-13(12)18)11-5-7-14-10(9-11)6-8-15(20)19-14/h1-5,7,9,16H,6,8H2,(H,19,20). The van der Waals surface area contributed by atoms with Crippen molar-refractivity contribution in [2.75, 3.05) is 5.32 Å². The SMILES string of the molecule is O=C1CCc2cc(C(Br)c3ccccc3I)ccc2N1. The largest absolute Gasteiger partial charge is 0.326 e. The molecule has 0 saturated heterocycles. The molecule has 3 rings (SSSR count). The monoisotopic (exact) mass is 441 g/mol. The van der Waals surface area contributed by atoms with E-state index in [4.69, 9.17) is 0 Å². The normalized spacial score (nSPS) is 15.4. The molecule has 0 radical (unpaired) electrons. The van der Waals surface area contributed by atoms with E-state index in [0.717, 1.165) is 12.1 Å². The molecule has 0 aromatic heterocycles. The molecule has 102 valence electrons. The van der Waals surface area contributed by atoms with Crippen LogP contribution in [-0.2, 0) is 11.2 Å². The quantitative estimate of drug-likeness (QED) is 0.533. The zero-order valence-corrected chi connectivity index (χ0v) is 14.4. The third-order valence-electron chi connectivity index (χ3n) is 3.50. The van der Waals surface area contributed by atoms with Crippen LogP contribution >= 0.6 is 38.5 Å². The summed E-state index contributed by atoms with van der Waals surface area (Å²) in [5.74, 6) is 0.109. The minimum absolute atomic E-state index is 0.109. The molecular weight excluding hydrogens is 429 g/mol. The number of aryl methyl sites for hydroxylation is 1. The van der Waals surface area contributed by atoms with Gasteiger partial charge in [0.25, 0.3) is 0 Å². The Morgan fingerprint density at radius 3 is 2.75 bits per heavy atom. The van der Waals surface area contributed by atoms with Gasteiger partial charge in [-0.25, -0.2) is 0 Å². The molecule has 1 aliphatic rings. The minimum atomic E-state index is 0.109. The fourth-order valence-electron chi connectivity index (χ4n) is 2.42. The molecule has 1 heterocycles. The number of carbonyl (C=O) groups excluding carboxylic acids is 1. The number of nitrogens with one attached hydrogen (secondary N) is 1. The van der Waals surface area contributed by atoms with Gasteiger partial charge in [-0.3, -0.25) is 4.79 Å². The number of fused-ring (bicyclic) bond motifs is 1. The first-order valence-corrected chi connectivity index (χ1v) is 8.46. The van der Waals surface area contributed by atoms with Gasteiger partial charge in [0.05, 0.1) is 4.83 Å². The molecule has 1 amide bonds. The summed E-state index contributed by atoms with van der Waals surface area (Å²) in [6, 6.07) is 14.6. The zero-order valence-electron chi connectivity index (χ0n) is 10.7. The Hall–Kier alpha value is -0.880. The van der Waals surface area contributed by atoms with Gasteiger partial charge in [-0.15, -0.1) is 0 Å². The predicted molar refractivity (Wildman–Crippen MR) is 93.3 cm³/mol. The molecule has 2 aromatic carbocycles. The summed E-state index contributed by atoms with van der Waals surface area (Å²) in [6.07, 6.45) is 1.40. The average molecular weight is 442 g/mol. The van der Waals surface area contributed by atoms with Gasteiger partial charge in [0, 0.05) is 15.7 Å². The summed E-state index contributed by atoms with van der Waals surface area (Å²) in [5, 5.41) is 2.92. The number of alkyl halides is 1. The number of benzene rings is 2. The second-order valence-electron chi connectivity index (χ2n) is 4.85. The number of amides is 1. The van der Waals surface area contributed by atoms with Gasteiger partial charge in [-0.1, -0.05) is 46.3 Å². The van der Waals surface area contributed by atoms with Crippen molar-refractivity contribution in [1.29, 1.82) is 0 Å². The van der Waals surface area contributed by atoms with Crippen molar-refractivity contribution < 1.29 is 4.79 Å². The van der Waals surface area contributed by atoms with E-state index in [1.807, 2.05) is 12.1 Å². The molecule has 1 N–H and O–H groups in total. The molecule has 1 aliphatic heterocycles. The van der Waals surface area contributed by atoms with Crippen LogP contribution in [-0.4, -0.2) is 5.91 Å². The minimum Gasteiger partial charge on any atom is -0.326 e. The molecule has 0 saturated carbocycles. The van der Waals surface area contributed by atoms with Crippen molar-refractivity contribution in [3.05, 3.63) is 62.7 Å². The number of halogens is 2. The van der Waals surface area contributed by atoms with Gasteiger partial charge >= 0.3 is 0 Å². The van der Waals surface area contributed by atoms with Crippen LogP contribution < -0.4 is 5.32 Å². The number of carbonyl (C=O) groups is 1. The van der Waals surface area contributed by atoms with E-state index in [9.17, 15) is 4.79 Å². The number of rotatable bonds is 2. The Bertz CT molecular complexity index is 671. The molecule has 4 heteroatoms. The van der Waals surface area contributed by atoms with Crippen LogP contribution in [0.1, 0.15) is 27.9 Å². The fraction of sp³-hybridized carbons (Fsp3) is 0.188. The Morgan fingerprint density at radius 1 is 1.15 bits per heavy atom. The smallest absolute Gasteiger partial charge is 0.224 e. The highest BCUT2D eigenvalue weighted by atomic mass is 127. The van der Waals surface area contributed by atoms with Gasteiger partial charge in [0.2, 0.25) is 5.91 Å². The zero-order chi connectivity index (χ0) is 14.1. The second kappa shape index (κ2) is 5.85. The molecule has 0 aliphatic carbocycles. The summed E-state index contributed by atoms with van der Waals surface area (Å²) >= 11 is 6.15. The summed E-state index contributed by atoms with van der Waals surface area (Å²) in [6.45, 7) is 0. The fourth-order valence-corrected chi connectivity index (χ4v) is 4.23. The molecule has 0 fully saturated rings. The maximum atomic E-state index is 11.4. The van der Waals surface area contributed by atoms with E-state index in [-0.39, 0.29) is 10.7 Å². The Labute approximate surface area is 140 Å². The van der Waals surface area contributed by atoms with Gasteiger partial charge in [-0.05, 0) is 57.8 Å². The first kappa shape index (κ1) is 14.1. The van der Waals surface area contributed by atoms with E-state index < -0.39 is 0 Å². The van der Waals surface area contributed by atoms with Crippen molar-refractivity contribution in [2.45, 2.75) is 17.7 Å². The lowest BCUT2D eigenvalue weighted by Crippen LogP contribution is -2.19. The van der Waals surface area contributed by atoms with E-state index >= 15 is 0 Å². The summed E-state index contributed by atoms with van der Waals surface area (Å²) < 4.78 is 1.25. The number of anilines is 1. The third-order valence-corrected chi connectivity index (χ3v) is 5.50. The second-order valence-corrected chi connectivity index (χ2v) is 6.93. The van der Waals surface area contributed by atoms with Crippen molar-refractivity contribution in [2.24, 2.45) is 0 Å². The Balaban J connectivity index is 1.95. The first-order valence-electron chi connectivity index (χ1n) is 6.46. The molecule has 0 spiro atoms. The van der Waals surface area contributed by atoms with E-state index in [1.54, 1.807) is 0 Å². The first-order chi connectivity index (χ1) is 9.65. The van der Waals surface area contributed by atoms with E-state index in [0.29, 0.717) is 6.42 Å². The Morgan fingerprint density at radius 2 is 1.95 bits per heavy atom. The predicted octanol–water partition coefficient (Wildman–Crippen LogP) is 4.66. The lowest BCUT2D eigenvalue weighted by atomic mass is 9.97. The van der Waals surface area contributed by atoms with Gasteiger partial charge in [-0.2, -0.15) is 0 Å². The van der Waals surface area contributed by atoms with Crippen molar-refractivity contribution >= 4 is 50.1 Å². The van der Waals surface area contributed by atoms with Gasteiger partial charge in [0.1, 0.15) is 0 Å². The van der Waals surface area contributed by atoms with Crippen LogP contribution in [0, 0.1) is 3.57 Å². The summed E-state index contributed by atoms with van der Waals surface area (Å²) in [4.78, 5) is 11.6. The summed E-state index contributed by atoms with van der Waals surface area (Å²) in [7, 11) is 0. The molecular formula is C16H13BrINO. The lowest BCUT2D eigenvalue weighted by Gasteiger charge is -2.20. The topological polar surface area (TPSA) is 29.1 Å². The average Bonchev–Trinajstić information content (AvgIpc) is 2.46. The van der Waals surface area contributed by atoms with E-state index in [1.165, 1.54) is 20.3 Å². The van der Waals surface area contributed by atoms with Gasteiger partial charge in [0.15, 0.2) is 0 Å². The number of hydrogen-bond acceptors (Lipinski definition) is 1. The highest BCUT2D eigenvalue weighted by Crippen LogP contribution is 2.36. The maximum absolute atomic E-state index is 11.4. The maximum Gasteiger partial charge on any atom is 0.224 e. The molecule has 1 unspecified atom stereocenters. The molecule has 2 nitrogen and oxygen atoms in total. The molecule has 2 aromatic rings.